The number of para-hydroxylation sites is 1. The highest BCUT2D eigenvalue weighted by Crippen LogP contribution is 2.26. The van der Waals surface area contributed by atoms with Crippen LogP contribution in [0.5, 0.6) is 11.5 Å². The standard InChI is InChI=1S/C20H27N3O2.HI/c1-15(18-6-4-5-7-19(18)25-3)14-23-20(21)22-13-12-16-8-10-17(24-2)11-9-16;/h4-11,15H,12-14H2,1-3H3,(H3,21,22,23);1H. The zero-order chi connectivity index (χ0) is 18.1. The molecule has 2 aromatic carbocycles. The van der Waals surface area contributed by atoms with Crippen molar-refractivity contribution >= 4 is 29.9 Å². The van der Waals surface area contributed by atoms with Crippen LogP contribution in [0.2, 0.25) is 0 Å². The first-order chi connectivity index (χ1) is 12.1. The summed E-state index contributed by atoms with van der Waals surface area (Å²) in [7, 11) is 3.35. The van der Waals surface area contributed by atoms with E-state index in [-0.39, 0.29) is 29.9 Å². The number of nitrogens with zero attached hydrogens (tertiary/aromatic N) is 1. The van der Waals surface area contributed by atoms with Gasteiger partial charge in [-0.05, 0) is 35.7 Å². The van der Waals surface area contributed by atoms with Crippen LogP contribution in [0.15, 0.2) is 53.5 Å². The highest BCUT2D eigenvalue weighted by molar-refractivity contribution is 14.0. The molecule has 0 heterocycles. The zero-order valence-electron chi connectivity index (χ0n) is 15.6. The van der Waals surface area contributed by atoms with Gasteiger partial charge < -0.3 is 20.5 Å². The summed E-state index contributed by atoms with van der Waals surface area (Å²) < 4.78 is 10.6. The second-order valence-electron chi connectivity index (χ2n) is 5.89. The molecule has 0 aliphatic rings. The molecular formula is C20H28IN3O2. The van der Waals surface area contributed by atoms with Gasteiger partial charge in [-0.3, -0.25) is 4.99 Å². The van der Waals surface area contributed by atoms with E-state index in [1.54, 1.807) is 14.2 Å². The lowest BCUT2D eigenvalue weighted by molar-refractivity contribution is 0.407. The number of hydrogen-bond acceptors (Lipinski definition) is 3. The molecule has 0 amide bonds. The van der Waals surface area contributed by atoms with Crippen LogP contribution in [0.25, 0.3) is 0 Å². The van der Waals surface area contributed by atoms with Gasteiger partial charge in [0.15, 0.2) is 5.96 Å². The summed E-state index contributed by atoms with van der Waals surface area (Å²) in [4.78, 5) is 4.44. The van der Waals surface area contributed by atoms with E-state index < -0.39 is 0 Å². The van der Waals surface area contributed by atoms with Gasteiger partial charge in [-0.25, -0.2) is 0 Å². The number of aliphatic imine (C=N–C) groups is 1. The molecule has 2 rings (SSSR count). The molecule has 26 heavy (non-hydrogen) atoms. The van der Waals surface area contributed by atoms with Gasteiger partial charge in [-0.2, -0.15) is 0 Å². The van der Waals surface area contributed by atoms with Gasteiger partial charge in [-0.1, -0.05) is 37.3 Å². The number of hydrogen-bond donors (Lipinski definition) is 2. The third-order valence-corrected chi connectivity index (χ3v) is 4.08. The smallest absolute Gasteiger partial charge is 0.188 e. The van der Waals surface area contributed by atoms with Crippen molar-refractivity contribution in [2.24, 2.45) is 10.7 Å². The molecule has 0 aliphatic heterocycles. The Morgan fingerprint density at radius 2 is 1.77 bits per heavy atom. The van der Waals surface area contributed by atoms with Crippen molar-refractivity contribution in [3.05, 3.63) is 59.7 Å². The van der Waals surface area contributed by atoms with E-state index in [1.807, 2.05) is 30.3 Å². The highest BCUT2D eigenvalue weighted by atomic mass is 127. The van der Waals surface area contributed by atoms with E-state index in [0.29, 0.717) is 12.5 Å². The third kappa shape index (κ3) is 6.74. The average Bonchev–Trinajstić information content (AvgIpc) is 2.66. The fraction of sp³-hybridized carbons (Fsp3) is 0.350. The maximum atomic E-state index is 5.97. The van der Waals surface area contributed by atoms with E-state index in [2.05, 4.69) is 35.4 Å². The van der Waals surface area contributed by atoms with Gasteiger partial charge in [0.2, 0.25) is 0 Å². The summed E-state index contributed by atoms with van der Waals surface area (Å²) in [6.45, 7) is 3.47. The van der Waals surface area contributed by atoms with E-state index in [4.69, 9.17) is 15.2 Å². The van der Waals surface area contributed by atoms with Crippen LogP contribution >= 0.6 is 24.0 Å². The molecule has 0 aromatic heterocycles. The number of nitrogens with one attached hydrogen (secondary N) is 1. The monoisotopic (exact) mass is 469 g/mol. The predicted molar refractivity (Wildman–Crippen MR) is 118 cm³/mol. The van der Waals surface area contributed by atoms with Crippen LogP contribution in [0.1, 0.15) is 24.0 Å². The Labute approximate surface area is 173 Å². The minimum absolute atomic E-state index is 0. The van der Waals surface area contributed by atoms with Crippen molar-refractivity contribution in [3.8, 4) is 11.5 Å². The van der Waals surface area contributed by atoms with Gasteiger partial charge in [0, 0.05) is 19.0 Å². The number of ether oxygens (including phenoxy) is 2. The Kier molecular flexibility index (Phi) is 9.87. The number of benzene rings is 2. The molecule has 0 bridgehead atoms. The molecule has 1 unspecified atom stereocenters. The van der Waals surface area contributed by atoms with Crippen LogP contribution in [-0.2, 0) is 6.42 Å². The Morgan fingerprint density at radius 3 is 2.42 bits per heavy atom. The Balaban J connectivity index is 0.00000338. The molecule has 3 N–H and O–H groups in total. The molecule has 142 valence electrons. The van der Waals surface area contributed by atoms with Crippen LogP contribution in [-0.4, -0.2) is 33.3 Å². The largest absolute Gasteiger partial charge is 0.497 e. The Morgan fingerprint density at radius 1 is 1.08 bits per heavy atom. The van der Waals surface area contributed by atoms with Crippen LogP contribution in [0, 0.1) is 0 Å². The summed E-state index contributed by atoms with van der Waals surface area (Å²) >= 11 is 0. The summed E-state index contributed by atoms with van der Waals surface area (Å²) in [6, 6.07) is 16.0. The first-order valence-electron chi connectivity index (χ1n) is 8.43. The molecule has 0 aliphatic carbocycles. The molecule has 0 saturated heterocycles. The molecule has 6 heteroatoms. The van der Waals surface area contributed by atoms with Gasteiger partial charge in [0.1, 0.15) is 11.5 Å². The topological polar surface area (TPSA) is 68.9 Å². The average molecular weight is 469 g/mol. The second-order valence-corrected chi connectivity index (χ2v) is 5.89. The number of nitrogens with two attached hydrogens (primary N) is 1. The van der Waals surface area contributed by atoms with Crippen LogP contribution < -0.4 is 20.5 Å². The summed E-state index contributed by atoms with van der Waals surface area (Å²) in [5, 5.41) is 3.16. The first-order valence-corrected chi connectivity index (χ1v) is 8.43. The number of methoxy groups -OCH3 is 2. The normalized spacial score (nSPS) is 12.0. The van der Waals surface area contributed by atoms with E-state index in [1.165, 1.54) is 5.56 Å². The van der Waals surface area contributed by atoms with E-state index in [9.17, 15) is 0 Å². The molecule has 2 aromatic rings. The number of halogens is 1. The molecule has 5 nitrogen and oxygen atoms in total. The SMILES string of the molecule is COc1ccc(CCNC(N)=NCC(C)c2ccccc2OC)cc1.I. The maximum absolute atomic E-state index is 5.97. The van der Waals surface area contributed by atoms with Crippen molar-refractivity contribution in [1.29, 1.82) is 0 Å². The fourth-order valence-corrected chi connectivity index (χ4v) is 2.59. The van der Waals surface area contributed by atoms with Crippen LogP contribution in [0.4, 0.5) is 0 Å². The summed E-state index contributed by atoms with van der Waals surface area (Å²) in [5.74, 6) is 2.45. The lowest BCUT2D eigenvalue weighted by Gasteiger charge is -2.14. The van der Waals surface area contributed by atoms with Crippen molar-refractivity contribution in [2.75, 3.05) is 27.3 Å². The van der Waals surface area contributed by atoms with Gasteiger partial charge in [-0.15, -0.1) is 24.0 Å². The fourth-order valence-electron chi connectivity index (χ4n) is 2.59. The van der Waals surface area contributed by atoms with Crippen molar-refractivity contribution < 1.29 is 9.47 Å². The predicted octanol–water partition coefficient (Wildman–Crippen LogP) is 3.57. The Bertz CT molecular complexity index is 690. The number of rotatable bonds is 8. The summed E-state index contributed by atoms with van der Waals surface area (Å²) in [5.41, 5.74) is 8.33. The minimum Gasteiger partial charge on any atom is -0.497 e. The zero-order valence-corrected chi connectivity index (χ0v) is 17.9. The minimum atomic E-state index is 0. The van der Waals surface area contributed by atoms with Gasteiger partial charge in [0.05, 0.1) is 14.2 Å². The molecule has 0 fully saturated rings. The van der Waals surface area contributed by atoms with E-state index in [0.717, 1.165) is 30.0 Å². The van der Waals surface area contributed by atoms with Crippen molar-refractivity contribution in [2.45, 2.75) is 19.3 Å². The van der Waals surface area contributed by atoms with Crippen LogP contribution in [0.3, 0.4) is 0 Å². The van der Waals surface area contributed by atoms with Gasteiger partial charge in [0.25, 0.3) is 0 Å². The second kappa shape index (κ2) is 11.6. The first kappa shape index (κ1) is 22.1. The number of guanidine groups is 1. The van der Waals surface area contributed by atoms with Crippen molar-refractivity contribution in [1.82, 2.24) is 5.32 Å². The molecule has 1 atom stereocenters. The van der Waals surface area contributed by atoms with Crippen molar-refractivity contribution in [3.63, 3.8) is 0 Å². The molecular weight excluding hydrogens is 441 g/mol. The van der Waals surface area contributed by atoms with Gasteiger partial charge >= 0.3 is 0 Å². The third-order valence-electron chi connectivity index (χ3n) is 4.08. The molecule has 0 radical (unpaired) electrons. The van der Waals surface area contributed by atoms with E-state index >= 15 is 0 Å². The quantitative estimate of drug-likeness (QED) is 0.353. The maximum Gasteiger partial charge on any atom is 0.188 e. The summed E-state index contributed by atoms with van der Waals surface area (Å²) in [6.07, 6.45) is 0.877. The Hall–Kier alpha value is -1.96. The lowest BCUT2D eigenvalue weighted by atomic mass is 10.0. The lowest BCUT2D eigenvalue weighted by Crippen LogP contribution is -2.33. The molecule has 0 spiro atoms. The highest BCUT2D eigenvalue weighted by Gasteiger charge is 2.10. The molecule has 0 saturated carbocycles.